The molecule has 0 amide bonds. The molecule has 0 radical (unpaired) electrons. The molecule has 0 heterocycles. The van der Waals surface area contributed by atoms with Gasteiger partial charge in [0.2, 0.25) is 0 Å². The molecule has 0 aliphatic rings. The van der Waals surface area contributed by atoms with Gasteiger partial charge in [0.15, 0.2) is 0 Å². The van der Waals surface area contributed by atoms with Crippen LogP contribution in [0.15, 0.2) is 44.6 Å². The largest absolute Gasteiger partial charge is 0.281 e. The minimum Gasteiger partial charge on any atom is -0.200 e. The second kappa shape index (κ2) is 5.50. The van der Waals surface area contributed by atoms with Gasteiger partial charge >= 0.3 is 0 Å². The normalized spacial score (nSPS) is 11.7. The standard InChI is InChI=1S/C8H10N4O6S2/c1-11(9-13)19(15,16)7-4-3-5-8(6-7)20(17,18)12(2)10-14/h3-6H,1-2H3. The minimum atomic E-state index is -4.24. The topological polar surface area (TPSA) is 134 Å². The Morgan fingerprint density at radius 3 is 1.50 bits per heavy atom. The molecule has 0 aromatic heterocycles. The average Bonchev–Trinajstić information content (AvgIpc) is 2.45. The summed E-state index contributed by atoms with van der Waals surface area (Å²) in [4.78, 5) is 19.6. The lowest BCUT2D eigenvalue weighted by molar-refractivity contribution is 0.483. The van der Waals surface area contributed by atoms with E-state index >= 15 is 0 Å². The Morgan fingerprint density at radius 2 is 1.20 bits per heavy atom. The van der Waals surface area contributed by atoms with Crippen LogP contribution in [0.4, 0.5) is 0 Å². The van der Waals surface area contributed by atoms with Crippen molar-refractivity contribution in [3.63, 3.8) is 0 Å². The van der Waals surface area contributed by atoms with Gasteiger partial charge in [0.1, 0.15) is 0 Å². The molecule has 1 aromatic carbocycles. The monoisotopic (exact) mass is 322 g/mol. The predicted molar refractivity (Wildman–Crippen MR) is 67.9 cm³/mol. The van der Waals surface area contributed by atoms with Crippen LogP contribution in [-0.4, -0.2) is 39.8 Å². The second-order valence-corrected chi connectivity index (χ2v) is 7.42. The van der Waals surface area contributed by atoms with Crippen molar-refractivity contribution in [1.82, 2.24) is 8.83 Å². The summed E-state index contributed by atoms with van der Waals surface area (Å²) in [5.74, 6) is 0. The van der Waals surface area contributed by atoms with Crippen molar-refractivity contribution < 1.29 is 16.8 Å². The first kappa shape index (κ1) is 16.0. The summed E-state index contributed by atoms with van der Waals surface area (Å²) in [5.41, 5.74) is 0. The fraction of sp³-hybridized carbons (Fsp3) is 0.250. The first-order valence-electron chi connectivity index (χ1n) is 4.92. The van der Waals surface area contributed by atoms with Crippen LogP contribution < -0.4 is 0 Å². The number of hydrogen-bond acceptors (Lipinski definition) is 8. The Balaban J connectivity index is 3.43. The lowest BCUT2D eigenvalue weighted by atomic mass is 10.4. The van der Waals surface area contributed by atoms with Gasteiger partial charge in [0, 0.05) is 14.1 Å². The Kier molecular flexibility index (Phi) is 4.39. The molecule has 1 aromatic rings. The molecule has 0 N–H and O–H groups in total. The maximum absolute atomic E-state index is 11.8. The number of benzene rings is 1. The van der Waals surface area contributed by atoms with E-state index in [2.05, 4.69) is 10.6 Å². The van der Waals surface area contributed by atoms with Crippen molar-refractivity contribution in [2.24, 2.45) is 10.6 Å². The maximum Gasteiger partial charge on any atom is 0.281 e. The van der Waals surface area contributed by atoms with Gasteiger partial charge < -0.3 is 0 Å². The number of nitrogens with zero attached hydrogens (tertiary/aromatic N) is 4. The van der Waals surface area contributed by atoms with Crippen LogP contribution in [0.25, 0.3) is 0 Å². The van der Waals surface area contributed by atoms with E-state index in [1.165, 1.54) is 0 Å². The fourth-order valence-corrected chi connectivity index (χ4v) is 3.10. The summed E-state index contributed by atoms with van der Waals surface area (Å²) in [7, 11) is -6.67. The number of nitroso groups, excluding NO2 is 2. The van der Waals surface area contributed by atoms with Gasteiger partial charge in [-0.25, -0.2) is 0 Å². The van der Waals surface area contributed by atoms with Gasteiger partial charge in [-0.15, -0.1) is 9.81 Å². The van der Waals surface area contributed by atoms with Crippen LogP contribution in [0, 0.1) is 9.81 Å². The van der Waals surface area contributed by atoms with E-state index in [1.807, 2.05) is 0 Å². The Bertz CT molecular complexity index is 670. The summed E-state index contributed by atoms with van der Waals surface area (Å²) in [6.45, 7) is 0. The summed E-state index contributed by atoms with van der Waals surface area (Å²) < 4.78 is 47.6. The van der Waals surface area contributed by atoms with Crippen LogP contribution in [0.3, 0.4) is 0 Å². The zero-order chi connectivity index (χ0) is 15.6. The average molecular weight is 322 g/mol. The van der Waals surface area contributed by atoms with Crippen LogP contribution in [0.2, 0.25) is 0 Å². The lowest BCUT2D eigenvalue weighted by Crippen LogP contribution is -2.23. The van der Waals surface area contributed by atoms with Crippen molar-refractivity contribution in [3.05, 3.63) is 34.1 Å². The number of sulfonamides is 2. The highest BCUT2D eigenvalue weighted by atomic mass is 32.2. The molecule has 0 fully saturated rings. The minimum absolute atomic E-state index is 0.153. The highest BCUT2D eigenvalue weighted by molar-refractivity contribution is 7.90. The van der Waals surface area contributed by atoms with Crippen molar-refractivity contribution in [1.29, 1.82) is 0 Å². The van der Waals surface area contributed by atoms with Gasteiger partial charge in [0.05, 0.1) is 20.4 Å². The molecule has 0 unspecified atom stereocenters. The van der Waals surface area contributed by atoms with E-state index in [-0.39, 0.29) is 8.83 Å². The number of rotatable bonds is 6. The van der Waals surface area contributed by atoms with E-state index in [9.17, 15) is 26.6 Å². The molecule has 10 nitrogen and oxygen atoms in total. The molecule has 0 aliphatic carbocycles. The van der Waals surface area contributed by atoms with E-state index < -0.39 is 29.8 Å². The molecule has 0 saturated carbocycles. The maximum atomic E-state index is 11.8. The third kappa shape index (κ3) is 2.75. The van der Waals surface area contributed by atoms with E-state index in [4.69, 9.17) is 0 Å². The van der Waals surface area contributed by atoms with Gasteiger partial charge in [-0.05, 0) is 18.2 Å². The second-order valence-electron chi connectivity index (χ2n) is 3.52. The Morgan fingerprint density at radius 1 is 0.850 bits per heavy atom. The molecule has 0 spiro atoms. The number of hydrogen-bond donors (Lipinski definition) is 0. The van der Waals surface area contributed by atoms with Crippen molar-refractivity contribution in [3.8, 4) is 0 Å². The summed E-state index contributed by atoms with van der Waals surface area (Å²) in [6, 6.07) is 4.12. The van der Waals surface area contributed by atoms with E-state index in [1.54, 1.807) is 0 Å². The predicted octanol–water partition coefficient (Wildman–Crippen LogP) is 0.290. The quantitative estimate of drug-likeness (QED) is 0.546. The van der Waals surface area contributed by atoms with Gasteiger partial charge in [-0.3, -0.25) is 0 Å². The Hall–Kier alpha value is -2.08. The summed E-state index contributed by atoms with van der Waals surface area (Å²) in [5, 5.41) is 4.49. The van der Waals surface area contributed by atoms with Crippen molar-refractivity contribution in [2.45, 2.75) is 9.79 Å². The molecular weight excluding hydrogens is 312 g/mol. The third-order valence-electron chi connectivity index (χ3n) is 2.33. The van der Waals surface area contributed by atoms with Crippen molar-refractivity contribution >= 4 is 20.0 Å². The Labute approximate surface area is 115 Å². The molecule has 0 saturated heterocycles. The molecule has 0 atom stereocenters. The smallest absolute Gasteiger partial charge is 0.200 e. The van der Waals surface area contributed by atoms with E-state index in [0.717, 1.165) is 38.4 Å². The molecule has 110 valence electrons. The van der Waals surface area contributed by atoms with Gasteiger partial charge in [-0.2, -0.15) is 25.7 Å². The third-order valence-corrected chi connectivity index (χ3v) is 5.55. The molecule has 0 aliphatic heterocycles. The zero-order valence-electron chi connectivity index (χ0n) is 10.4. The SMILES string of the molecule is CN(N=O)S(=O)(=O)c1cccc(S(=O)(=O)N(C)N=O)c1. The van der Waals surface area contributed by atoms with E-state index in [0.29, 0.717) is 0 Å². The van der Waals surface area contributed by atoms with Gasteiger partial charge in [-0.1, -0.05) is 6.07 Å². The molecule has 20 heavy (non-hydrogen) atoms. The fourth-order valence-electron chi connectivity index (χ4n) is 1.19. The van der Waals surface area contributed by atoms with Crippen LogP contribution in [0.1, 0.15) is 0 Å². The summed E-state index contributed by atoms with van der Waals surface area (Å²) >= 11 is 0. The highest BCUT2D eigenvalue weighted by Crippen LogP contribution is 2.21. The molecule has 1 rings (SSSR count). The molecular formula is C8H10N4O6S2. The molecule has 12 heteroatoms. The zero-order valence-corrected chi connectivity index (χ0v) is 12.0. The van der Waals surface area contributed by atoms with Crippen molar-refractivity contribution in [2.75, 3.05) is 14.1 Å². The van der Waals surface area contributed by atoms with Crippen LogP contribution >= 0.6 is 0 Å². The first-order valence-corrected chi connectivity index (χ1v) is 7.80. The van der Waals surface area contributed by atoms with Gasteiger partial charge in [0.25, 0.3) is 20.0 Å². The van der Waals surface area contributed by atoms with Crippen LogP contribution in [0.5, 0.6) is 0 Å². The van der Waals surface area contributed by atoms with Crippen LogP contribution in [-0.2, 0) is 20.0 Å². The summed E-state index contributed by atoms with van der Waals surface area (Å²) in [6.07, 6.45) is 0. The first-order chi connectivity index (χ1) is 9.17. The highest BCUT2D eigenvalue weighted by Gasteiger charge is 2.25. The molecule has 0 bridgehead atoms. The lowest BCUT2D eigenvalue weighted by Gasteiger charge is -2.13.